The molecule has 110 valence electrons. The van der Waals surface area contributed by atoms with E-state index in [0.717, 1.165) is 18.4 Å². The van der Waals surface area contributed by atoms with E-state index in [4.69, 9.17) is 0 Å². The van der Waals surface area contributed by atoms with E-state index in [2.05, 4.69) is 10.4 Å². The minimum Gasteiger partial charge on any atom is -0.364 e. The van der Waals surface area contributed by atoms with Gasteiger partial charge >= 0.3 is 5.69 Å². The molecule has 2 aliphatic carbocycles. The molecule has 2 aliphatic rings. The first-order chi connectivity index (χ1) is 9.60. The van der Waals surface area contributed by atoms with Crippen molar-refractivity contribution in [3.05, 3.63) is 15.8 Å². The highest BCUT2D eigenvalue weighted by Gasteiger charge is 2.39. The van der Waals surface area contributed by atoms with Crippen LogP contribution in [0.5, 0.6) is 0 Å². The van der Waals surface area contributed by atoms with Crippen molar-refractivity contribution in [1.82, 2.24) is 9.78 Å². The van der Waals surface area contributed by atoms with Crippen LogP contribution < -0.4 is 5.32 Å². The van der Waals surface area contributed by atoms with Crippen LogP contribution in [0.25, 0.3) is 0 Å². The number of fused-ring (bicyclic) bond motifs is 2. The quantitative estimate of drug-likeness (QED) is 0.664. The molecule has 1 heterocycles. The van der Waals surface area contributed by atoms with Gasteiger partial charge in [0.05, 0.1) is 4.92 Å². The van der Waals surface area contributed by atoms with E-state index < -0.39 is 0 Å². The van der Waals surface area contributed by atoms with Gasteiger partial charge in [0, 0.05) is 13.6 Å². The van der Waals surface area contributed by atoms with Crippen LogP contribution >= 0.6 is 0 Å². The Hall–Kier alpha value is -1.59. The van der Waals surface area contributed by atoms with Crippen molar-refractivity contribution >= 4 is 11.5 Å². The van der Waals surface area contributed by atoms with E-state index in [9.17, 15) is 10.1 Å². The number of nitrogens with one attached hydrogen (secondary N) is 1. The summed E-state index contributed by atoms with van der Waals surface area (Å²) < 4.78 is 1.62. The maximum atomic E-state index is 11.3. The van der Waals surface area contributed by atoms with E-state index in [0.29, 0.717) is 23.9 Å². The fourth-order valence-corrected chi connectivity index (χ4v) is 4.05. The first-order valence-electron chi connectivity index (χ1n) is 7.54. The lowest BCUT2D eigenvalue weighted by Gasteiger charge is -2.22. The van der Waals surface area contributed by atoms with Gasteiger partial charge in [-0.1, -0.05) is 13.3 Å². The molecule has 0 amide bonds. The van der Waals surface area contributed by atoms with Crippen LogP contribution in [0.3, 0.4) is 0 Å². The molecule has 0 radical (unpaired) electrons. The van der Waals surface area contributed by atoms with Gasteiger partial charge in [-0.3, -0.25) is 10.1 Å². The summed E-state index contributed by atoms with van der Waals surface area (Å²) >= 11 is 0. The number of nitrogens with zero attached hydrogens (tertiary/aromatic N) is 3. The molecule has 3 atom stereocenters. The molecule has 6 nitrogen and oxygen atoms in total. The molecule has 1 N–H and O–H groups in total. The lowest BCUT2D eigenvalue weighted by Crippen LogP contribution is -2.21. The number of rotatable bonds is 5. The highest BCUT2D eigenvalue weighted by Crippen LogP contribution is 2.48. The number of hydrogen-bond acceptors (Lipinski definition) is 4. The normalized spacial score (nSPS) is 28.0. The summed E-state index contributed by atoms with van der Waals surface area (Å²) in [5, 5.41) is 18.8. The third-order valence-corrected chi connectivity index (χ3v) is 5.03. The van der Waals surface area contributed by atoms with E-state index in [-0.39, 0.29) is 10.6 Å². The van der Waals surface area contributed by atoms with E-state index in [1.807, 2.05) is 6.92 Å². The molecule has 3 rings (SSSR count). The molecular formula is C14H22N4O2. The van der Waals surface area contributed by atoms with Crippen molar-refractivity contribution in [2.75, 3.05) is 11.9 Å². The molecule has 20 heavy (non-hydrogen) atoms. The molecule has 0 spiro atoms. The third-order valence-electron chi connectivity index (χ3n) is 5.03. The van der Waals surface area contributed by atoms with Crippen molar-refractivity contribution in [3.8, 4) is 0 Å². The average molecular weight is 278 g/mol. The number of anilines is 1. The van der Waals surface area contributed by atoms with E-state index in [1.54, 1.807) is 11.7 Å². The highest BCUT2D eigenvalue weighted by molar-refractivity contribution is 5.59. The molecule has 2 fully saturated rings. The molecule has 6 heteroatoms. The van der Waals surface area contributed by atoms with Gasteiger partial charge in [-0.25, -0.2) is 4.68 Å². The maximum Gasteiger partial charge on any atom is 0.333 e. The summed E-state index contributed by atoms with van der Waals surface area (Å²) in [5.41, 5.74) is 0.714. The fraction of sp³-hybridized carbons (Fsp3) is 0.786. The number of nitro groups is 1. The number of hydrogen-bond donors (Lipinski definition) is 1. The second-order valence-electron chi connectivity index (χ2n) is 6.19. The lowest BCUT2D eigenvalue weighted by molar-refractivity contribution is -0.384. The molecule has 0 aromatic carbocycles. The topological polar surface area (TPSA) is 73.0 Å². The number of aromatic nitrogens is 2. The summed E-state index contributed by atoms with van der Waals surface area (Å²) in [6, 6.07) is 0. The Morgan fingerprint density at radius 2 is 2.25 bits per heavy atom. The average Bonchev–Trinajstić information content (AvgIpc) is 3.09. The molecule has 3 unspecified atom stereocenters. The van der Waals surface area contributed by atoms with Crippen LogP contribution in [-0.4, -0.2) is 21.2 Å². The van der Waals surface area contributed by atoms with E-state index in [1.165, 1.54) is 25.7 Å². The minimum absolute atomic E-state index is 0.151. The van der Waals surface area contributed by atoms with Gasteiger partial charge in [-0.2, -0.15) is 5.10 Å². The molecule has 2 saturated carbocycles. The predicted molar refractivity (Wildman–Crippen MR) is 76.7 cm³/mol. The lowest BCUT2D eigenvalue weighted by atomic mass is 9.89. The molecule has 1 aromatic rings. The Kier molecular flexibility index (Phi) is 3.40. The van der Waals surface area contributed by atoms with Gasteiger partial charge in [-0.05, 0) is 43.4 Å². The Morgan fingerprint density at radius 1 is 1.45 bits per heavy atom. The summed E-state index contributed by atoms with van der Waals surface area (Å²) in [6.45, 7) is 2.74. The van der Waals surface area contributed by atoms with E-state index >= 15 is 0 Å². The Morgan fingerprint density at radius 3 is 2.80 bits per heavy atom. The van der Waals surface area contributed by atoms with Crippen molar-refractivity contribution in [3.63, 3.8) is 0 Å². The van der Waals surface area contributed by atoms with Crippen molar-refractivity contribution in [2.45, 2.75) is 39.0 Å². The third kappa shape index (κ3) is 2.17. The van der Waals surface area contributed by atoms with Crippen LogP contribution in [0.1, 0.15) is 38.3 Å². The largest absolute Gasteiger partial charge is 0.364 e. The van der Waals surface area contributed by atoms with Crippen molar-refractivity contribution < 1.29 is 4.92 Å². The zero-order chi connectivity index (χ0) is 14.3. The standard InChI is InChI=1S/C14H22N4O2/c1-3-12-13(18(19)20)14(17(2)16-12)15-8-11-7-9-4-5-10(11)6-9/h9-11,15H,3-8H2,1-2H3. The molecule has 2 bridgehead atoms. The van der Waals surface area contributed by atoms with Gasteiger partial charge in [0.1, 0.15) is 5.69 Å². The monoisotopic (exact) mass is 278 g/mol. The highest BCUT2D eigenvalue weighted by atomic mass is 16.6. The predicted octanol–water partition coefficient (Wildman–Crippen LogP) is 2.74. The van der Waals surface area contributed by atoms with Gasteiger partial charge in [0.25, 0.3) is 0 Å². The first-order valence-corrected chi connectivity index (χ1v) is 7.54. The second kappa shape index (κ2) is 5.07. The summed E-state index contributed by atoms with van der Waals surface area (Å²) in [5.74, 6) is 2.97. The van der Waals surface area contributed by atoms with Gasteiger partial charge in [-0.15, -0.1) is 0 Å². The minimum atomic E-state index is -0.311. The maximum absolute atomic E-state index is 11.3. The van der Waals surface area contributed by atoms with Crippen LogP contribution in [-0.2, 0) is 13.5 Å². The molecule has 1 aromatic heterocycles. The van der Waals surface area contributed by atoms with Gasteiger partial charge in [0.2, 0.25) is 5.82 Å². The summed E-state index contributed by atoms with van der Waals surface area (Å²) in [7, 11) is 1.77. The van der Waals surface area contributed by atoms with Crippen LogP contribution in [0, 0.1) is 27.9 Å². The Labute approximate surface area is 118 Å². The van der Waals surface area contributed by atoms with Crippen molar-refractivity contribution in [2.24, 2.45) is 24.8 Å². The van der Waals surface area contributed by atoms with Crippen LogP contribution in [0.15, 0.2) is 0 Å². The van der Waals surface area contributed by atoms with Crippen LogP contribution in [0.2, 0.25) is 0 Å². The van der Waals surface area contributed by atoms with Gasteiger partial charge < -0.3 is 5.32 Å². The van der Waals surface area contributed by atoms with Gasteiger partial charge in [0.15, 0.2) is 0 Å². The van der Waals surface area contributed by atoms with Crippen LogP contribution in [0.4, 0.5) is 11.5 Å². The summed E-state index contributed by atoms with van der Waals surface area (Å²) in [6.07, 6.45) is 5.95. The molecular weight excluding hydrogens is 256 g/mol. The number of aryl methyl sites for hydroxylation is 2. The Balaban J connectivity index is 1.74. The summed E-state index contributed by atoms with van der Waals surface area (Å²) in [4.78, 5) is 10.9. The second-order valence-corrected chi connectivity index (χ2v) is 6.19. The zero-order valence-corrected chi connectivity index (χ0v) is 12.1. The fourth-order valence-electron chi connectivity index (χ4n) is 4.05. The molecule has 0 aliphatic heterocycles. The SMILES string of the molecule is CCc1nn(C)c(NCC2CC3CCC2C3)c1[N+](=O)[O-]. The molecule has 0 saturated heterocycles. The van der Waals surface area contributed by atoms with Crippen molar-refractivity contribution in [1.29, 1.82) is 0 Å². The zero-order valence-electron chi connectivity index (χ0n) is 12.1. The first kappa shape index (κ1) is 13.4. The smallest absolute Gasteiger partial charge is 0.333 e. The Bertz CT molecular complexity index is 525.